The number of fused-ring (bicyclic) bond motifs is 1. The SMILES string of the molecule is COC(=O)C1=C(CN2CCN3C(=O)N(C(C)(C)C#Cc4c(C)cc(C(O)O)cc4C)C[C@@H]3C2)NC(c2nccs2)=N[C@H]1c1ccc(F)cc1Cl. The number of aliphatic hydroxyl groups is 2. The number of thiazole rings is 1. The number of ether oxygens (including phenoxy) is 1. The number of nitrogens with one attached hydrogen (secondary N) is 1. The van der Waals surface area contributed by atoms with Gasteiger partial charge in [0, 0.05) is 71.7 Å². The molecule has 2 aromatic carbocycles. The maximum atomic E-state index is 14.0. The molecule has 2 atom stereocenters. The number of rotatable bonds is 7. The van der Waals surface area contributed by atoms with Gasteiger partial charge in [-0.2, -0.15) is 0 Å². The molecule has 2 amide bonds. The number of amidine groups is 1. The Morgan fingerprint density at radius 1 is 1.20 bits per heavy atom. The molecule has 3 aliphatic heterocycles. The van der Waals surface area contributed by atoms with Gasteiger partial charge >= 0.3 is 12.0 Å². The first-order valence-corrected chi connectivity index (χ1v) is 17.3. The lowest BCUT2D eigenvalue weighted by atomic mass is 9.95. The van der Waals surface area contributed by atoms with Gasteiger partial charge in [-0.25, -0.2) is 19.0 Å². The Morgan fingerprint density at radius 2 is 1.94 bits per heavy atom. The summed E-state index contributed by atoms with van der Waals surface area (Å²) in [5.74, 6) is 5.92. The number of aliphatic hydroxyl groups excluding tert-OH is 1. The van der Waals surface area contributed by atoms with Crippen molar-refractivity contribution in [3.05, 3.63) is 96.8 Å². The van der Waals surface area contributed by atoms with Crippen molar-refractivity contribution in [2.24, 2.45) is 4.99 Å². The zero-order chi connectivity index (χ0) is 35.9. The molecule has 0 aliphatic carbocycles. The fraction of sp³-hybridized carbons (Fsp3) is 0.389. The number of aryl methyl sites for hydroxylation is 2. The second-order valence-corrected chi connectivity index (χ2v) is 14.4. The van der Waals surface area contributed by atoms with Gasteiger partial charge in [0.1, 0.15) is 17.4 Å². The van der Waals surface area contributed by atoms with E-state index >= 15 is 0 Å². The fourth-order valence-corrected chi connectivity index (χ4v) is 7.56. The number of piperazine rings is 1. The second-order valence-electron chi connectivity index (χ2n) is 13.1. The van der Waals surface area contributed by atoms with Crippen LogP contribution in [0.4, 0.5) is 9.18 Å². The number of carbonyl (C=O) groups excluding carboxylic acids is 2. The molecule has 11 nitrogen and oxygen atoms in total. The topological polar surface area (TPSA) is 131 Å². The maximum Gasteiger partial charge on any atom is 0.338 e. The third kappa shape index (κ3) is 6.99. The Labute approximate surface area is 299 Å². The Balaban J connectivity index is 1.25. The van der Waals surface area contributed by atoms with Crippen LogP contribution in [-0.2, 0) is 9.53 Å². The summed E-state index contributed by atoms with van der Waals surface area (Å²) < 4.78 is 19.3. The van der Waals surface area contributed by atoms with Crippen LogP contribution in [-0.4, -0.2) is 99.1 Å². The summed E-state index contributed by atoms with van der Waals surface area (Å²) >= 11 is 7.89. The molecule has 262 valence electrons. The molecule has 0 unspecified atom stereocenters. The largest absolute Gasteiger partial charge is 0.466 e. The predicted octanol–water partition coefficient (Wildman–Crippen LogP) is 4.31. The highest BCUT2D eigenvalue weighted by atomic mass is 35.5. The number of aromatic nitrogens is 1. The Kier molecular flexibility index (Phi) is 10.0. The number of methoxy groups -OCH3 is 1. The summed E-state index contributed by atoms with van der Waals surface area (Å²) in [5, 5.41) is 25.1. The molecule has 3 aromatic rings. The zero-order valence-electron chi connectivity index (χ0n) is 28.3. The monoisotopic (exact) mass is 720 g/mol. The molecule has 4 heterocycles. The van der Waals surface area contributed by atoms with E-state index in [1.165, 1.54) is 36.6 Å². The Morgan fingerprint density at radius 3 is 2.58 bits per heavy atom. The van der Waals surface area contributed by atoms with Crippen LogP contribution in [0.5, 0.6) is 0 Å². The van der Waals surface area contributed by atoms with E-state index in [1.807, 2.05) is 38.0 Å². The quantitative estimate of drug-likeness (QED) is 0.187. The lowest BCUT2D eigenvalue weighted by Gasteiger charge is -2.38. The van der Waals surface area contributed by atoms with E-state index in [0.717, 1.165) is 16.7 Å². The van der Waals surface area contributed by atoms with E-state index in [9.17, 15) is 24.2 Å². The highest BCUT2D eigenvalue weighted by molar-refractivity contribution is 7.11. The maximum absolute atomic E-state index is 14.0. The molecule has 0 saturated carbocycles. The van der Waals surface area contributed by atoms with Crippen LogP contribution in [0.25, 0.3) is 0 Å². The van der Waals surface area contributed by atoms with Gasteiger partial charge in [-0.05, 0) is 63.1 Å². The van der Waals surface area contributed by atoms with Gasteiger partial charge in [-0.3, -0.25) is 9.89 Å². The number of benzene rings is 2. The minimum Gasteiger partial charge on any atom is -0.466 e. The first-order chi connectivity index (χ1) is 23.8. The van der Waals surface area contributed by atoms with Crippen LogP contribution in [0, 0.1) is 31.5 Å². The van der Waals surface area contributed by atoms with Crippen molar-refractivity contribution < 1.29 is 28.9 Å². The highest BCUT2D eigenvalue weighted by Gasteiger charge is 2.46. The number of esters is 1. The van der Waals surface area contributed by atoms with Crippen molar-refractivity contribution in [3.8, 4) is 11.8 Å². The Bertz CT molecular complexity index is 1930. The number of carbonyl (C=O) groups is 2. The van der Waals surface area contributed by atoms with Gasteiger partial charge in [0.15, 0.2) is 17.1 Å². The lowest BCUT2D eigenvalue weighted by Crippen LogP contribution is -2.53. The summed E-state index contributed by atoms with van der Waals surface area (Å²) in [5.41, 5.74) is 3.32. The van der Waals surface area contributed by atoms with Crippen molar-refractivity contribution in [2.45, 2.75) is 51.6 Å². The van der Waals surface area contributed by atoms with Gasteiger partial charge in [-0.15, -0.1) is 11.3 Å². The van der Waals surface area contributed by atoms with Crippen molar-refractivity contribution in [1.29, 1.82) is 0 Å². The van der Waals surface area contributed by atoms with Crippen LogP contribution in [0.15, 0.2) is 58.2 Å². The molecule has 0 bridgehead atoms. The number of amides is 2. The molecule has 2 fully saturated rings. The fourth-order valence-electron chi connectivity index (χ4n) is 6.70. The van der Waals surface area contributed by atoms with Crippen LogP contribution in [0.2, 0.25) is 5.02 Å². The minimum absolute atomic E-state index is 0.0874. The summed E-state index contributed by atoms with van der Waals surface area (Å²) in [6.45, 7) is 9.94. The smallest absolute Gasteiger partial charge is 0.338 e. The van der Waals surface area contributed by atoms with Crippen LogP contribution in [0.3, 0.4) is 0 Å². The molecule has 0 radical (unpaired) electrons. The highest BCUT2D eigenvalue weighted by Crippen LogP contribution is 2.37. The van der Waals surface area contributed by atoms with Crippen molar-refractivity contribution in [3.63, 3.8) is 0 Å². The second kappa shape index (κ2) is 14.1. The van der Waals surface area contributed by atoms with E-state index in [2.05, 4.69) is 27.0 Å². The molecule has 14 heteroatoms. The number of halogens is 2. The van der Waals surface area contributed by atoms with Gasteiger partial charge in [0.25, 0.3) is 0 Å². The van der Waals surface area contributed by atoms with Gasteiger partial charge < -0.3 is 30.1 Å². The van der Waals surface area contributed by atoms with Crippen LogP contribution in [0.1, 0.15) is 59.0 Å². The van der Waals surface area contributed by atoms with Crippen molar-refractivity contribution >= 4 is 40.8 Å². The van der Waals surface area contributed by atoms with E-state index < -0.39 is 29.7 Å². The average Bonchev–Trinajstić information content (AvgIpc) is 3.72. The molecule has 50 heavy (non-hydrogen) atoms. The number of hydrogen-bond donors (Lipinski definition) is 3. The van der Waals surface area contributed by atoms with Gasteiger partial charge in [0.2, 0.25) is 0 Å². The number of aliphatic imine (C=N–C) groups is 1. The Hall–Kier alpha value is -4.32. The molecule has 3 aliphatic rings. The molecule has 2 saturated heterocycles. The van der Waals surface area contributed by atoms with Crippen LogP contribution >= 0.6 is 22.9 Å². The van der Waals surface area contributed by atoms with Crippen molar-refractivity contribution in [1.82, 2.24) is 25.0 Å². The zero-order valence-corrected chi connectivity index (χ0v) is 29.9. The van der Waals surface area contributed by atoms with Gasteiger partial charge in [-0.1, -0.05) is 29.5 Å². The standard InChI is InChI=1S/C36H38ClFN6O5S/c1-20-14-22(33(45)46)15-21(2)25(20)8-9-36(3,4)44-18-24-17-42(11-12-43(24)35(44)48)19-28-29(34(47)49-5)30(26-7-6-23(38)16-27(26)37)41-31(40-28)32-39-10-13-50-32/h6-7,10,13-16,24,30,33,45-46H,11-12,17-19H2,1-5H3,(H,40,41)/t24-,30-/m0/s1. The minimum atomic E-state index is -1.56. The van der Waals surface area contributed by atoms with E-state index in [4.69, 9.17) is 21.3 Å². The summed E-state index contributed by atoms with van der Waals surface area (Å²) in [6, 6.07) is 6.33. The van der Waals surface area contributed by atoms with Crippen LogP contribution < -0.4 is 5.32 Å². The molecule has 6 rings (SSSR count). The number of nitrogens with zero attached hydrogens (tertiary/aromatic N) is 5. The number of hydrogen-bond acceptors (Lipinski definition) is 10. The molecular formula is C36H38ClFN6O5S. The molecular weight excluding hydrogens is 683 g/mol. The lowest BCUT2D eigenvalue weighted by molar-refractivity contribution is -0.136. The first kappa shape index (κ1) is 35.5. The van der Waals surface area contributed by atoms with E-state index in [1.54, 1.807) is 23.2 Å². The normalized spacial score (nSPS) is 19.6. The van der Waals surface area contributed by atoms with Gasteiger partial charge in [0.05, 0.1) is 18.7 Å². The average molecular weight is 721 g/mol. The molecule has 1 aromatic heterocycles. The van der Waals surface area contributed by atoms with Crippen molar-refractivity contribution in [2.75, 3.05) is 39.8 Å². The van der Waals surface area contributed by atoms with E-state index in [-0.39, 0.29) is 22.7 Å². The molecule has 0 spiro atoms. The predicted molar refractivity (Wildman–Crippen MR) is 188 cm³/mol. The third-order valence-electron chi connectivity index (χ3n) is 9.26. The number of urea groups is 1. The first-order valence-electron chi connectivity index (χ1n) is 16.1. The van der Waals surface area contributed by atoms with E-state index in [0.29, 0.717) is 60.4 Å². The summed E-state index contributed by atoms with van der Waals surface area (Å²) in [6.07, 6.45) is 0.0998. The summed E-state index contributed by atoms with van der Waals surface area (Å²) in [4.78, 5) is 42.2. The summed E-state index contributed by atoms with van der Waals surface area (Å²) in [7, 11) is 1.30. The molecule has 3 N–H and O–H groups in total. The third-order valence-corrected chi connectivity index (χ3v) is 10.4.